The third kappa shape index (κ3) is 7.98. The largest absolute Gasteiger partial charge is 0.481 e. The molecule has 0 aromatic rings. The fraction of sp³-hybridized carbons (Fsp3) is 0.842. The minimum absolute atomic E-state index is 0.236. The van der Waals surface area contributed by atoms with Crippen molar-refractivity contribution in [2.24, 2.45) is 17.8 Å². The number of allylic oxidation sites excluding steroid dienone is 2. The summed E-state index contributed by atoms with van der Waals surface area (Å²) >= 11 is 0. The number of rotatable bonds is 12. The predicted molar refractivity (Wildman–Crippen MR) is 90.8 cm³/mol. The molecule has 0 bridgehead atoms. The Kier molecular flexibility index (Phi) is 10.2. The Morgan fingerprint density at radius 1 is 1.05 bits per heavy atom. The lowest BCUT2D eigenvalue weighted by molar-refractivity contribution is -0.143. The predicted octanol–water partition coefficient (Wildman–Crippen LogP) is 4.79. The highest BCUT2D eigenvalue weighted by atomic mass is 16.4. The van der Waals surface area contributed by atoms with Crippen LogP contribution in [0.25, 0.3) is 0 Å². The number of hydrogen-bond acceptors (Lipinski definition) is 2. The van der Waals surface area contributed by atoms with Gasteiger partial charge in [0.2, 0.25) is 0 Å². The second-order valence-electron chi connectivity index (χ2n) is 6.83. The van der Waals surface area contributed by atoms with Crippen molar-refractivity contribution in [3.8, 4) is 0 Å². The molecule has 3 nitrogen and oxygen atoms in total. The van der Waals surface area contributed by atoms with E-state index in [1.807, 2.05) is 0 Å². The van der Waals surface area contributed by atoms with Gasteiger partial charge in [-0.1, -0.05) is 57.6 Å². The van der Waals surface area contributed by atoms with Crippen LogP contribution in [0.3, 0.4) is 0 Å². The summed E-state index contributed by atoms with van der Waals surface area (Å²) in [5.74, 6) is 0.101. The molecule has 0 aromatic carbocycles. The van der Waals surface area contributed by atoms with Gasteiger partial charge in [0.25, 0.3) is 0 Å². The van der Waals surface area contributed by atoms with Crippen LogP contribution in [0.5, 0.6) is 0 Å². The van der Waals surface area contributed by atoms with E-state index in [0.717, 1.165) is 24.7 Å². The Bertz CT molecular complexity index is 325. The van der Waals surface area contributed by atoms with Gasteiger partial charge in [-0.2, -0.15) is 0 Å². The molecule has 128 valence electrons. The van der Waals surface area contributed by atoms with Gasteiger partial charge in [-0.15, -0.1) is 0 Å². The van der Waals surface area contributed by atoms with Crippen molar-refractivity contribution in [2.75, 3.05) is 6.61 Å². The molecule has 0 radical (unpaired) electrons. The molecule has 0 unspecified atom stereocenters. The number of carboxylic acids is 1. The summed E-state index contributed by atoms with van der Waals surface area (Å²) in [7, 11) is 0. The summed E-state index contributed by atoms with van der Waals surface area (Å²) in [5, 5.41) is 17.8. The average Bonchev–Trinajstić information content (AvgIpc) is 2.52. The van der Waals surface area contributed by atoms with Gasteiger partial charge < -0.3 is 10.2 Å². The van der Waals surface area contributed by atoms with Crippen LogP contribution in [0.1, 0.15) is 77.6 Å². The summed E-state index contributed by atoms with van der Waals surface area (Å²) in [6.45, 7) is 2.02. The van der Waals surface area contributed by atoms with Gasteiger partial charge in [-0.25, -0.2) is 0 Å². The van der Waals surface area contributed by atoms with E-state index in [-0.39, 0.29) is 6.61 Å². The molecular weight excluding hydrogens is 276 g/mol. The number of aliphatic hydroxyl groups excluding tert-OH is 1. The number of unbranched alkanes of at least 4 members (excludes halogenated alkanes) is 4. The van der Waals surface area contributed by atoms with Crippen molar-refractivity contribution in [3.05, 3.63) is 12.2 Å². The number of carboxylic acid groups (broad SMARTS) is 1. The van der Waals surface area contributed by atoms with E-state index < -0.39 is 11.9 Å². The van der Waals surface area contributed by atoms with E-state index in [0.29, 0.717) is 6.42 Å². The monoisotopic (exact) mass is 310 g/mol. The van der Waals surface area contributed by atoms with E-state index in [1.165, 1.54) is 51.4 Å². The molecule has 0 heterocycles. The Hall–Kier alpha value is -0.830. The molecule has 3 heteroatoms. The molecule has 0 saturated carbocycles. The topological polar surface area (TPSA) is 57.5 Å². The summed E-state index contributed by atoms with van der Waals surface area (Å²) in [5.41, 5.74) is 0. The first kappa shape index (κ1) is 19.2. The van der Waals surface area contributed by atoms with E-state index in [4.69, 9.17) is 10.2 Å². The SMILES string of the molecule is CCCCC[C@H]1C=C[C@H](CCCCC[C@@H](CO)C(=O)O)CC1. The maximum absolute atomic E-state index is 10.8. The van der Waals surface area contributed by atoms with Crippen LogP contribution in [0.2, 0.25) is 0 Å². The quantitative estimate of drug-likeness (QED) is 0.402. The third-order valence-electron chi connectivity index (χ3n) is 4.94. The molecule has 0 aromatic heterocycles. The fourth-order valence-electron chi connectivity index (χ4n) is 3.34. The Balaban J connectivity index is 2.07. The van der Waals surface area contributed by atoms with Crippen LogP contribution in [0, 0.1) is 17.8 Å². The van der Waals surface area contributed by atoms with Crippen LogP contribution < -0.4 is 0 Å². The van der Waals surface area contributed by atoms with Gasteiger partial charge in [0.05, 0.1) is 12.5 Å². The third-order valence-corrected chi connectivity index (χ3v) is 4.94. The molecule has 0 aliphatic heterocycles. The zero-order chi connectivity index (χ0) is 16.2. The van der Waals surface area contributed by atoms with Gasteiger partial charge in [0, 0.05) is 0 Å². The molecule has 1 aliphatic rings. The van der Waals surface area contributed by atoms with Gasteiger partial charge in [0.1, 0.15) is 0 Å². The number of hydrogen-bond donors (Lipinski definition) is 2. The van der Waals surface area contributed by atoms with Crippen molar-refractivity contribution in [2.45, 2.75) is 77.6 Å². The van der Waals surface area contributed by atoms with E-state index >= 15 is 0 Å². The highest BCUT2D eigenvalue weighted by Crippen LogP contribution is 2.29. The fourth-order valence-corrected chi connectivity index (χ4v) is 3.34. The second kappa shape index (κ2) is 11.7. The first-order valence-electron chi connectivity index (χ1n) is 9.19. The zero-order valence-corrected chi connectivity index (χ0v) is 14.2. The molecule has 0 amide bonds. The molecule has 3 atom stereocenters. The highest BCUT2D eigenvalue weighted by molar-refractivity contribution is 5.69. The first-order chi connectivity index (χ1) is 10.7. The molecule has 0 saturated heterocycles. The lowest BCUT2D eigenvalue weighted by Gasteiger charge is -2.23. The smallest absolute Gasteiger partial charge is 0.308 e. The maximum Gasteiger partial charge on any atom is 0.308 e. The molecule has 22 heavy (non-hydrogen) atoms. The van der Waals surface area contributed by atoms with Gasteiger partial charge in [0.15, 0.2) is 0 Å². The van der Waals surface area contributed by atoms with Crippen LogP contribution in [-0.2, 0) is 4.79 Å². The Morgan fingerprint density at radius 3 is 2.09 bits per heavy atom. The lowest BCUT2D eigenvalue weighted by Crippen LogP contribution is -2.17. The summed E-state index contributed by atoms with van der Waals surface area (Å²) < 4.78 is 0. The molecular formula is C19H34O3. The summed E-state index contributed by atoms with van der Waals surface area (Å²) in [6.07, 6.45) is 17.9. The average molecular weight is 310 g/mol. The lowest BCUT2D eigenvalue weighted by atomic mass is 9.83. The van der Waals surface area contributed by atoms with Crippen LogP contribution >= 0.6 is 0 Å². The van der Waals surface area contributed by atoms with Crippen molar-refractivity contribution < 1.29 is 15.0 Å². The molecule has 0 spiro atoms. The van der Waals surface area contributed by atoms with Crippen molar-refractivity contribution in [3.63, 3.8) is 0 Å². The number of aliphatic carboxylic acids is 1. The maximum atomic E-state index is 10.8. The standard InChI is InChI=1S/C19H34O3/c1-2-3-5-8-16-11-13-17(14-12-16)9-6-4-7-10-18(15-20)19(21)22/h11,13,16-18,20H,2-10,12,14-15H2,1H3,(H,21,22)/t16-,17-,18-/m0/s1. The minimum Gasteiger partial charge on any atom is -0.481 e. The van der Waals surface area contributed by atoms with E-state index in [1.54, 1.807) is 0 Å². The second-order valence-corrected chi connectivity index (χ2v) is 6.83. The number of carbonyl (C=O) groups is 1. The van der Waals surface area contributed by atoms with Crippen molar-refractivity contribution in [1.29, 1.82) is 0 Å². The molecule has 1 rings (SSSR count). The molecule has 2 N–H and O–H groups in total. The van der Waals surface area contributed by atoms with Crippen molar-refractivity contribution in [1.82, 2.24) is 0 Å². The Morgan fingerprint density at radius 2 is 1.64 bits per heavy atom. The van der Waals surface area contributed by atoms with Crippen molar-refractivity contribution >= 4 is 5.97 Å². The Labute approximate surface area is 135 Å². The van der Waals surface area contributed by atoms with Gasteiger partial charge >= 0.3 is 5.97 Å². The normalized spacial score (nSPS) is 22.6. The highest BCUT2D eigenvalue weighted by Gasteiger charge is 2.17. The first-order valence-corrected chi connectivity index (χ1v) is 9.19. The molecule has 0 fully saturated rings. The van der Waals surface area contributed by atoms with Crippen LogP contribution in [0.15, 0.2) is 12.2 Å². The van der Waals surface area contributed by atoms with E-state index in [9.17, 15) is 4.79 Å². The van der Waals surface area contributed by atoms with Gasteiger partial charge in [-0.05, 0) is 43.9 Å². The zero-order valence-electron chi connectivity index (χ0n) is 14.2. The molecule has 1 aliphatic carbocycles. The van der Waals surface area contributed by atoms with Crippen LogP contribution in [-0.4, -0.2) is 22.8 Å². The van der Waals surface area contributed by atoms with Gasteiger partial charge in [-0.3, -0.25) is 4.79 Å². The number of aliphatic hydroxyl groups is 1. The minimum atomic E-state index is -0.869. The van der Waals surface area contributed by atoms with Crippen LogP contribution in [0.4, 0.5) is 0 Å². The summed E-state index contributed by atoms with van der Waals surface area (Å²) in [4.78, 5) is 10.8. The summed E-state index contributed by atoms with van der Waals surface area (Å²) in [6, 6.07) is 0. The van der Waals surface area contributed by atoms with E-state index in [2.05, 4.69) is 19.1 Å².